The molecule has 0 spiro atoms. The topological polar surface area (TPSA) is 51.2 Å². The van der Waals surface area contributed by atoms with E-state index in [1.165, 1.54) is 31.5 Å². The van der Waals surface area contributed by atoms with E-state index in [4.69, 9.17) is 0 Å². The molecular weight excluding hydrogens is 226 g/mol. The average molecular weight is 236 g/mol. The van der Waals surface area contributed by atoms with Crippen molar-refractivity contribution in [2.45, 2.75) is 4.90 Å². The standard InChI is InChI=1S/C8H10FO3PS/c1-13(2,10)7-5-3-4-6-8(7)14(9,11)12/h3-6H,1-2H3. The summed E-state index contributed by atoms with van der Waals surface area (Å²) in [4.78, 5) is -0.492. The maximum Gasteiger partial charge on any atom is 0.332 e. The van der Waals surface area contributed by atoms with E-state index in [-0.39, 0.29) is 5.30 Å². The molecule has 1 aromatic rings. The zero-order valence-corrected chi connectivity index (χ0v) is 9.48. The van der Waals surface area contributed by atoms with Gasteiger partial charge >= 0.3 is 10.2 Å². The van der Waals surface area contributed by atoms with Crippen LogP contribution in [0.25, 0.3) is 0 Å². The van der Waals surface area contributed by atoms with Crippen LogP contribution in [0.3, 0.4) is 0 Å². The Bertz CT molecular complexity index is 489. The van der Waals surface area contributed by atoms with Crippen molar-refractivity contribution in [3.63, 3.8) is 0 Å². The fourth-order valence-electron chi connectivity index (χ4n) is 1.11. The quantitative estimate of drug-likeness (QED) is 0.578. The van der Waals surface area contributed by atoms with Gasteiger partial charge in [0.25, 0.3) is 0 Å². The SMILES string of the molecule is CP(C)(=O)c1ccccc1S(=O)(=O)F. The zero-order valence-electron chi connectivity index (χ0n) is 7.77. The Kier molecular flexibility index (Phi) is 2.83. The monoisotopic (exact) mass is 236 g/mol. The third-order valence-electron chi connectivity index (χ3n) is 1.71. The number of hydrogen-bond donors (Lipinski definition) is 0. The van der Waals surface area contributed by atoms with Gasteiger partial charge in [-0.3, -0.25) is 0 Å². The van der Waals surface area contributed by atoms with Crippen LogP contribution in [-0.4, -0.2) is 21.7 Å². The van der Waals surface area contributed by atoms with Crippen LogP contribution < -0.4 is 5.30 Å². The second-order valence-electron chi connectivity index (χ2n) is 3.26. The molecule has 0 radical (unpaired) electrons. The van der Waals surface area contributed by atoms with E-state index in [1.807, 2.05) is 0 Å². The fourth-order valence-corrected chi connectivity index (χ4v) is 3.70. The third kappa shape index (κ3) is 2.42. The summed E-state index contributed by atoms with van der Waals surface area (Å²) < 4.78 is 45.8. The first-order valence-electron chi connectivity index (χ1n) is 3.82. The molecule has 0 heterocycles. The number of rotatable bonds is 2. The molecule has 78 valence electrons. The van der Waals surface area contributed by atoms with Gasteiger partial charge in [0, 0.05) is 5.30 Å². The van der Waals surface area contributed by atoms with E-state index in [2.05, 4.69) is 0 Å². The summed E-state index contributed by atoms with van der Waals surface area (Å²) in [7, 11) is -7.56. The molecule has 6 heteroatoms. The first kappa shape index (κ1) is 11.4. The lowest BCUT2D eigenvalue weighted by Crippen LogP contribution is -2.12. The molecule has 1 aromatic carbocycles. The molecule has 3 nitrogen and oxygen atoms in total. The van der Waals surface area contributed by atoms with Crippen LogP contribution in [0.1, 0.15) is 0 Å². The highest BCUT2D eigenvalue weighted by molar-refractivity contribution is 7.87. The molecule has 0 aliphatic rings. The molecular formula is C8H10FO3PS. The summed E-state index contributed by atoms with van der Waals surface area (Å²) >= 11 is 0. The van der Waals surface area contributed by atoms with Crippen molar-refractivity contribution in [1.29, 1.82) is 0 Å². The van der Waals surface area contributed by atoms with Gasteiger partial charge < -0.3 is 4.57 Å². The predicted octanol–water partition coefficient (Wildman–Crippen LogP) is 1.59. The Morgan fingerprint density at radius 2 is 1.71 bits per heavy atom. The lowest BCUT2D eigenvalue weighted by Gasteiger charge is -2.09. The molecule has 0 fully saturated rings. The Hall–Kier alpha value is -0.670. The maximum absolute atomic E-state index is 12.8. The largest absolute Gasteiger partial charge is 0.332 e. The molecule has 0 N–H and O–H groups in total. The van der Waals surface area contributed by atoms with Crippen LogP contribution in [0.2, 0.25) is 0 Å². The molecule has 0 aromatic heterocycles. The molecule has 0 saturated heterocycles. The minimum Gasteiger partial charge on any atom is -0.319 e. The van der Waals surface area contributed by atoms with Gasteiger partial charge in [-0.2, -0.15) is 8.42 Å². The van der Waals surface area contributed by atoms with E-state index in [0.717, 1.165) is 6.07 Å². The average Bonchev–Trinajstić information content (AvgIpc) is 2.01. The molecule has 1 rings (SSSR count). The Morgan fingerprint density at radius 1 is 1.21 bits per heavy atom. The third-order valence-corrected chi connectivity index (χ3v) is 4.29. The number of halogens is 1. The molecule has 0 amide bonds. The maximum atomic E-state index is 12.8. The highest BCUT2D eigenvalue weighted by Gasteiger charge is 2.23. The van der Waals surface area contributed by atoms with Crippen molar-refractivity contribution in [1.82, 2.24) is 0 Å². The molecule has 0 aliphatic carbocycles. The Morgan fingerprint density at radius 3 is 2.07 bits per heavy atom. The predicted molar refractivity (Wildman–Crippen MR) is 53.8 cm³/mol. The van der Waals surface area contributed by atoms with Crippen molar-refractivity contribution < 1.29 is 16.9 Å². The van der Waals surface area contributed by atoms with Gasteiger partial charge in [0.05, 0.1) is 0 Å². The van der Waals surface area contributed by atoms with Crippen molar-refractivity contribution in [3.8, 4) is 0 Å². The highest BCUT2D eigenvalue weighted by Crippen LogP contribution is 2.37. The molecule has 0 atom stereocenters. The van der Waals surface area contributed by atoms with Crippen LogP contribution in [0.5, 0.6) is 0 Å². The minimum atomic E-state index is -4.79. The summed E-state index contributed by atoms with van der Waals surface area (Å²) in [5.74, 6) is 0. The first-order chi connectivity index (χ1) is 6.23. The molecule has 0 bridgehead atoms. The second-order valence-corrected chi connectivity index (χ2v) is 7.76. The van der Waals surface area contributed by atoms with Gasteiger partial charge in [-0.25, -0.2) is 0 Å². The van der Waals surface area contributed by atoms with Gasteiger partial charge in [-0.15, -0.1) is 3.89 Å². The molecule has 0 aliphatic heterocycles. The Balaban J connectivity index is 3.55. The summed E-state index contributed by atoms with van der Waals surface area (Å²) in [5, 5.41) is 0.0579. The lowest BCUT2D eigenvalue weighted by molar-refractivity contribution is 0.552. The molecule has 0 unspecified atom stereocenters. The van der Waals surface area contributed by atoms with Crippen molar-refractivity contribution in [2.24, 2.45) is 0 Å². The summed E-state index contributed by atoms with van der Waals surface area (Å²) in [5.41, 5.74) is 0. The van der Waals surface area contributed by atoms with E-state index < -0.39 is 22.3 Å². The summed E-state index contributed by atoms with van der Waals surface area (Å²) in [6.45, 7) is 2.80. The van der Waals surface area contributed by atoms with Gasteiger partial charge in [-0.05, 0) is 19.4 Å². The second kappa shape index (κ2) is 3.48. The highest BCUT2D eigenvalue weighted by atomic mass is 32.3. The molecule has 0 saturated carbocycles. The minimum absolute atomic E-state index is 0.0579. The smallest absolute Gasteiger partial charge is 0.319 e. The van der Waals surface area contributed by atoms with Crippen LogP contribution >= 0.6 is 7.14 Å². The van der Waals surface area contributed by atoms with Crippen molar-refractivity contribution >= 4 is 22.7 Å². The van der Waals surface area contributed by atoms with Crippen LogP contribution in [-0.2, 0) is 14.8 Å². The van der Waals surface area contributed by atoms with E-state index in [0.29, 0.717) is 0 Å². The number of benzene rings is 1. The fraction of sp³-hybridized carbons (Fsp3) is 0.250. The normalized spacial score (nSPS) is 12.8. The van der Waals surface area contributed by atoms with Gasteiger partial charge in [0.2, 0.25) is 0 Å². The Labute approximate surface area is 82.5 Å². The van der Waals surface area contributed by atoms with E-state index in [1.54, 1.807) is 0 Å². The first-order valence-corrected chi connectivity index (χ1v) is 7.80. The van der Waals surface area contributed by atoms with Crippen molar-refractivity contribution in [3.05, 3.63) is 24.3 Å². The van der Waals surface area contributed by atoms with Crippen LogP contribution in [0.4, 0.5) is 3.89 Å². The summed E-state index contributed by atoms with van der Waals surface area (Å²) in [6, 6.07) is 5.41. The van der Waals surface area contributed by atoms with Crippen LogP contribution in [0.15, 0.2) is 29.2 Å². The van der Waals surface area contributed by atoms with E-state index >= 15 is 0 Å². The summed E-state index contributed by atoms with van der Waals surface area (Å²) in [6.07, 6.45) is 0. The van der Waals surface area contributed by atoms with Gasteiger partial charge in [-0.1, -0.05) is 18.2 Å². The van der Waals surface area contributed by atoms with Gasteiger partial charge in [0.15, 0.2) is 0 Å². The zero-order chi connectivity index (χ0) is 11.0. The molecule has 14 heavy (non-hydrogen) atoms. The van der Waals surface area contributed by atoms with E-state index in [9.17, 15) is 16.9 Å². The van der Waals surface area contributed by atoms with Gasteiger partial charge in [0.1, 0.15) is 12.0 Å². The van der Waals surface area contributed by atoms with Crippen molar-refractivity contribution in [2.75, 3.05) is 13.3 Å². The van der Waals surface area contributed by atoms with Crippen LogP contribution in [0, 0.1) is 0 Å². The number of hydrogen-bond acceptors (Lipinski definition) is 3. The lowest BCUT2D eigenvalue weighted by atomic mass is 10.4.